The van der Waals surface area contributed by atoms with Gasteiger partial charge in [-0.2, -0.15) is 13.2 Å². The van der Waals surface area contributed by atoms with Crippen molar-refractivity contribution in [3.63, 3.8) is 0 Å². The SMILES string of the molecule is FC(F)(F)CCCCCCc1ccccc1. The average Bonchev–Trinajstić information content (AvgIpc) is 2.23. The Morgan fingerprint density at radius 1 is 0.812 bits per heavy atom. The minimum Gasteiger partial charge on any atom is -0.171 e. The first-order chi connectivity index (χ1) is 7.58. The van der Waals surface area contributed by atoms with E-state index >= 15 is 0 Å². The normalized spacial score (nSPS) is 11.7. The van der Waals surface area contributed by atoms with Gasteiger partial charge in [-0.3, -0.25) is 0 Å². The van der Waals surface area contributed by atoms with Crippen LogP contribution in [0, 0.1) is 0 Å². The Labute approximate surface area is 94.5 Å². The lowest BCUT2D eigenvalue weighted by Crippen LogP contribution is -2.06. The predicted molar refractivity (Wildman–Crippen MR) is 59.3 cm³/mol. The van der Waals surface area contributed by atoms with Gasteiger partial charge in [-0.15, -0.1) is 0 Å². The van der Waals surface area contributed by atoms with Crippen molar-refractivity contribution in [2.75, 3.05) is 0 Å². The van der Waals surface area contributed by atoms with Crippen LogP contribution in [0.15, 0.2) is 30.3 Å². The van der Waals surface area contributed by atoms with Crippen molar-refractivity contribution in [1.29, 1.82) is 0 Å². The lowest BCUT2D eigenvalue weighted by Gasteiger charge is -2.05. The van der Waals surface area contributed by atoms with Gasteiger partial charge in [-0.1, -0.05) is 43.2 Å². The minimum absolute atomic E-state index is 0.262. The number of aryl methyl sites for hydroxylation is 1. The van der Waals surface area contributed by atoms with Gasteiger partial charge in [-0.25, -0.2) is 0 Å². The van der Waals surface area contributed by atoms with Crippen LogP contribution in [0.2, 0.25) is 0 Å². The van der Waals surface area contributed by atoms with Crippen LogP contribution in [0.3, 0.4) is 0 Å². The van der Waals surface area contributed by atoms with Gasteiger partial charge in [0.2, 0.25) is 0 Å². The van der Waals surface area contributed by atoms with E-state index in [2.05, 4.69) is 12.1 Å². The molecule has 1 aromatic rings. The Balaban J connectivity index is 2.01. The van der Waals surface area contributed by atoms with Crippen molar-refractivity contribution >= 4 is 0 Å². The van der Waals surface area contributed by atoms with E-state index in [-0.39, 0.29) is 6.42 Å². The lowest BCUT2D eigenvalue weighted by molar-refractivity contribution is -0.135. The van der Waals surface area contributed by atoms with Crippen molar-refractivity contribution in [1.82, 2.24) is 0 Å². The maximum Gasteiger partial charge on any atom is 0.389 e. The van der Waals surface area contributed by atoms with E-state index < -0.39 is 12.6 Å². The predicted octanol–water partition coefficient (Wildman–Crippen LogP) is 4.74. The monoisotopic (exact) mass is 230 g/mol. The number of hydrogen-bond donors (Lipinski definition) is 0. The molecule has 0 aliphatic carbocycles. The van der Waals surface area contributed by atoms with Crippen LogP contribution in [-0.2, 0) is 6.42 Å². The van der Waals surface area contributed by atoms with Crippen LogP contribution in [0.25, 0.3) is 0 Å². The first-order valence-corrected chi connectivity index (χ1v) is 5.68. The van der Waals surface area contributed by atoms with Gasteiger partial charge in [0.25, 0.3) is 0 Å². The largest absolute Gasteiger partial charge is 0.389 e. The molecule has 0 aromatic heterocycles. The number of unbranched alkanes of at least 4 members (excludes halogenated alkanes) is 3. The van der Waals surface area contributed by atoms with E-state index in [1.807, 2.05) is 18.2 Å². The Bertz CT molecular complexity index is 277. The van der Waals surface area contributed by atoms with Crippen molar-refractivity contribution in [2.24, 2.45) is 0 Å². The molecule has 1 aromatic carbocycles. The Morgan fingerprint density at radius 3 is 2.06 bits per heavy atom. The Kier molecular flexibility index (Phi) is 5.36. The van der Waals surface area contributed by atoms with Crippen molar-refractivity contribution in [3.8, 4) is 0 Å². The highest BCUT2D eigenvalue weighted by molar-refractivity contribution is 5.14. The fourth-order valence-electron chi connectivity index (χ4n) is 1.65. The van der Waals surface area contributed by atoms with Crippen molar-refractivity contribution in [3.05, 3.63) is 35.9 Å². The molecule has 0 unspecified atom stereocenters. The fraction of sp³-hybridized carbons (Fsp3) is 0.538. The molecule has 0 saturated carbocycles. The molecular formula is C13H17F3. The third-order valence-corrected chi connectivity index (χ3v) is 2.52. The zero-order valence-electron chi connectivity index (χ0n) is 9.26. The summed E-state index contributed by atoms with van der Waals surface area (Å²) in [5.74, 6) is 0. The van der Waals surface area contributed by atoms with Crippen LogP contribution in [0.1, 0.15) is 37.7 Å². The van der Waals surface area contributed by atoms with Crippen LogP contribution >= 0.6 is 0 Å². The average molecular weight is 230 g/mol. The maximum atomic E-state index is 11.8. The summed E-state index contributed by atoms with van der Waals surface area (Å²) >= 11 is 0. The van der Waals surface area contributed by atoms with E-state index in [0.29, 0.717) is 6.42 Å². The summed E-state index contributed by atoms with van der Waals surface area (Å²) in [6.45, 7) is 0. The molecule has 0 radical (unpaired) electrons. The smallest absolute Gasteiger partial charge is 0.171 e. The van der Waals surface area contributed by atoms with E-state index in [4.69, 9.17) is 0 Å². The fourth-order valence-corrected chi connectivity index (χ4v) is 1.65. The van der Waals surface area contributed by atoms with Gasteiger partial charge in [0, 0.05) is 6.42 Å². The standard InChI is InChI=1S/C13H17F3/c14-13(15,16)11-7-2-1-4-8-12-9-5-3-6-10-12/h3,5-6,9-10H,1-2,4,7-8,11H2. The highest BCUT2D eigenvalue weighted by Gasteiger charge is 2.25. The molecule has 0 N–H and O–H groups in total. The van der Waals surface area contributed by atoms with Crippen LogP contribution in [-0.4, -0.2) is 6.18 Å². The van der Waals surface area contributed by atoms with Gasteiger partial charge in [0.05, 0.1) is 0 Å². The molecule has 16 heavy (non-hydrogen) atoms. The van der Waals surface area contributed by atoms with Crippen molar-refractivity contribution < 1.29 is 13.2 Å². The quantitative estimate of drug-likeness (QED) is 0.619. The molecule has 0 spiro atoms. The van der Waals surface area contributed by atoms with Crippen molar-refractivity contribution in [2.45, 2.75) is 44.7 Å². The zero-order chi connectivity index (χ0) is 11.9. The summed E-state index contributed by atoms with van der Waals surface area (Å²) < 4.78 is 35.5. The highest BCUT2D eigenvalue weighted by Crippen LogP contribution is 2.23. The first kappa shape index (κ1) is 13.1. The molecule has 0 nitrogen and oxygen atoms in total. The molecule has 3 heteroatoms. The maximum absolute atomic E-state index is 11.8. The number of benzene rings is 1. The number of halogens is 3. The third-order valence-electron chi connectivity index (χ3n) is 2.52. The molecule has 0 aliphatic heterocycles. The van der Waals surface area contributed by atoms with Gasteiger partial charge in [0.15, 0.2) is 0 Å². The molecule has 0 heterocycles. The molecule has 0 saturated heterocycles. The molecule has 0 aliphatic rings. The molecule has 0 fully saturated rings. The summed E-state index contributed by atoms with van der Waals surface area (Å²) in [6.07, 6.45) is -0.873. The molecule has 0 bridgehead atoms. The van der Waals surface area contributed by atoms with Gasteiger partial charge >= 0.3 is 6.18 Å². The number of alkyl halides is 3. The lowest BCUT2D eigenvalue weighted by atomic mass is 10.1. The van der Waals surface area contributed by atoms with Crippen LogP contribution < -0.4 is 0 Å². The van der Waals surface area contributed by atoms with Crippen LogP contribution in [0.5, 0.6) is 0 Å². The van der Waals surface area contributed by atoms with Gasteiger partial charge < -0.3 is 0 Å². The number of hydrogen-bond acceptors (Lipinski definition) is 0. The Morgan fingerprint density at radius 2 is 1.44 bits per heavy atom. The van der Waals surface area contributed by atoms with Gasteiger partial charge in [-0.05, 0) is 24.8 Å². The van der Waals surface area contributed by atoms with Crippen LogP contribution in [0.4, 0.5) is 13.2 Å². The molecule has 90 valence electrons. The molecule has 1 rings (SSSR count). The highest BCUT2D eigenvalue weighted by atomic mass is 19.4. The minimum atomic E-state index is -3.99. The zero-order valence-corrected chi connectivity index (χ0v) is 9.26. The molecule has 0 atom stereocenters. The van der Waals surface area contributed by atoms with E-state index in [1.54, 1.807) is 0 Å². The third kappa shape index (κ3) is 6.49. The Hall–Kier alpha value is -0.990. The molecule has 0 amide bonds. The van der Waals surface area contributed by atoms with Gasteiger partial charge in [0.1, 0.15) is 0 Å². The number of rotatable bonds is 6. The van der Waals surface area contributed by atoms with E-state index in [0.717, 1.165) is 19.3 Å². The van der Waals surface area contributed by atoms with E-state index in [9.17, 15) is 13.2 Å². The first-order valence-electron chi connectivity index (χ1n) is 5.68. The summed E-state index contributed by atoms with van der Waals surface area (Å²) in [7, 11) is 0. The topological polar surface area (TPSA) is 0 Å². The summed E-state index contributed by atoms with van der Waals surface area (Å²) in [5.41, 5.74) is 1.26. The summed E-state index contributed by atoms with van der Waals surface area (Å²) in [4.78, 5) is 0. The second kappa shape index (κ2) is 6.56. The summed E-state index contributed by atoms with van der Waals surface area (Å²) in [6, 6.07) is 10.0. The van der Waals surface area contributed by atoms with E-state index in [1.165, 1.54) is 5.56 Å². The summed E-state index contributed by atoms with van der Waals surface area (Å²) in [5, 5.41) is 0. The molecular weight excluding hydrogens is 213 g/mol. The second-order valence-electron chi connectivity index (χ2n) is 4.01. The second-order valence-corrected chi connectivity index (χ2v) is 4.01.